The minimum Gasteiger partial charge on any atom is -0.369 e. The molecule has 3 saturated heterocycles. The number of imide groups is 1. The number of benzene rings is 3. The minimum absolute atomic E-state index is 0.0195. The molecule has 17 heteroatoms. The predicted octanol–water partition coefficient (Wildman–Crippen LogP) is 5.72. The fourth-order valence-corrected chi connectivity index (χ4v) is 11.3. The number of aromatic nitrogens is 5. The van der Waals surface area contributed by atoms with E-state index in [1.54, 1.807) is 33.6 Å². The van der Waals surface area contributed by atoms with Gasteiger partial charge in [0.15, 0.2) is 0 Å². The standard InChI is InChI=1S/C49H55FN10O5S/c1-54(34-12-13-34)48(64)42-29-38-36(28-37(45(50)46(38)66-42)33-6-4-20-58(30-33)44(62)17-21-59-22-18-51-53-59)32-8-10-35(11-9-32)57-25-23-56(24-26-57)19-3-5-31-7-14-39-41(27-31)55(2)49(65)60(39)40-15-16-43(61)52-47(40)63/h7-11,14,18,22,27-29,33-34,40H,3-6,12-13,15-17,19-21,23-26,30H2,1-2H3,(H,52,61,63)/t33-,40?/m0/s1. The van der Waals surface area contributed by atoms with Crippen LogP contribution in [-0.4, -0.2) is 121 Å². The topological polar surface area (TPSA) is 151 Å². The van der Waals surface area contributed by atoms with Crippen molar-refractivity contribution >= 4 is 61.8 Å². The number of amides is 4. The van der Waals surface area contributed by atoms with E-state index in [4.69, 9.17) is 0 Å². The van der Waals surface area contributed by atoms with Crippen LogP contribution in [0.15, 0.2) is 71.8 Å². The molecule has 15 nitrogen and oxygen atoms in total. The lowest BCUT2D eigenvalue weighted by atomic mass is 9.87. The molecule has 3 aromatic heterocycles. The van der Waals surface area contributed by atoms with Crippen LogP contribution in [0.1, 0.15) is 84.1 Å². The number of halogens is 1. The number of nitrogens with zero attached hydrogens (tertiary/aromatic N) is 9. The van der Waals surface area contributed by atoms with Crippen LogP contribution in [0.3, 0.4) is 0 Å². The van der Waals surface area contributed by atoms with Crippen LogP contribution in [0, 0.1) is 5.82 Å². The van der Waals surface area contributed by atoms with E-state index in [0.29, 0.717) is 53.1 Å². The van der Waals surface area contributed by atoms with Crippen LogP contribution in [-0.2, 0) is 34.4 Å². The predicted molar refractivity (Wildman–Crippen MR) is 251 cm³/mol. The molecule has 1 N–H and O–H groups in total. The second kappa shape index (κ2) is 18.2. The highest BCUT2D eigenvalue weighted by Gasteiger charge is 2.34. The highest BCUT2D eigenvalue weighted by Crippen LogP contribution is 2.43. The first-order valence-corrected chi connectivity index (χ1v) is 24.1. The van der Waals surface area contributed by atoms with Crippen LogP contribution in [0.5, 0.6) is 0 Å². The second-order valence-electron chi connectivity index (χ2n) is 18.4. The Morgan fingerprint density at radius 1 is 0.924 bits per heavy atom. The third-order valence-corrected chi connectivity index (χ3v) is 15.3. The van der Waals surface area contributed by atoms with Crippen molar-refractivity contribution in [1.29, 1.82) is 0 Å². The van der Waals surface area contributed by atoms with E-state index in [1.165, 1.54) is 15.9 Å². The molecule has 1 aliphatic carbocycles. The SMILES string of the molecule is CN(C(=O)c1cc2c(-c3ccc(N4CCN(CCCc5ccc6c(c5)n(C)c(=O)n6C5CCC(=O)NC5=O)CC4)cc3)cc([C@H]3CCCN(C(=O)CCn4ccnn4)C3)c(F)c2s1)C1CC1. The van der Waals surface area contributed by atoms with E-state index in [0.717, 1.165) is 105 Å². The van der Waals surface area contributed by atoms with Gasteiger partial charge in [0.05, 0.1) is 33.4 Å². The van der Waals surface area contributed by atoms with Gasteiger partial charge < -0.3 is 14.7 Å². The van der Waals surface area contributed by atoms with Crippen LogP contribution in [0.4, 0.5) is 10.1 Å². The Kier molecular flexibility index (Phi) is 12.1. The molecule has 0 spiro atoms. The first-order chi connectivity index (χ1) is 32.0. The van der Waals surface area contributed by atoms with Crippen LogP contribution < -0.4 is 15.9 Å². The molecule has 4 fully saturated rings. The number of anilines is 1. The molecule has 4 aliphatic rings. The van der Waals surface area contributed by atoms with Gasteiger partial charge in [-0.05, 0) is 110 Å². The molecule has 344 valence electrons. The summed E-state index contributed by atoms with van der Waals surface area (Å²) in [5, 5.41) is 10.9. The van der Waals surface area contributed by atoms with Crippen molar-refractivity contribution < 1.29 is 23.6 Å². The minimum atomic E-state index is -0.700. The van der Waals surface area contributed by atoms with Gasteiger partial charge in [0.1, 0.15) is 11.9 Å². The third-order valence-electron chi connectivity index (χ3n) is 14.2. The number of piperazine rings is 1. The van der Waals surface area contributed by atoms with E-state index >= 15 is 4.39 Å². The molecule has 6 heterocycles. The largest absolute Gasteiger partial charge is 0.369 e. The zero-order valence-electron chi connectivity index (χ0n) is 37.5. The van der Waals surface area contributed by atoms with Gasteiger partial charge in [-0.15, -0.1) is 16.4 Å². The van der Waals surface area contributed by atoms with Gasteiger partial charge in [-0.1, -0.05) is 23.4 Å². The maximum absolute atomic E-state index is 16.8. The third kappa shape index (κ3) is 8.65. The molecule has 1 unspecified atom stereocenters. The second-order valence-corrected chi connectivity index (χ2v) is 19.5. The summed E-state index contributed by atoms with van der Waals surface area (Å²) >= 11 is 1.23. The summed E-state index contributed by atoms with van der Waals surface area (Å²) in [6, 6.07) is 17.9. The molecule has 0 radical (unpaired) electrons. The van der Waals surface area contributed by atoms with Gasteiger partial charge >= 0.3 is 5.69 Å². The molecular weight excluding hydrogens is 860 g/mol. The molecule has 2 atom stereocenters. The van der Waals surface area contributed by atoms with E-state index in [-0.39, 0.29) is 47.6 Å². The monoisotopic (exact) mass is 914 g/mol. The van der Waals surface area contributed by atoms with E-state index in [2.05, 4.69) is 49.7 Å². The van der Waals surface area contributed by atoms with Crippen LogP contribution >= 0.6 is 11.3 Å². The van der Waals surface area contributed by atoms with Gasteiger partial charge in [-0.25, -0.2) is 9.18 Å². The van der Waals surface area contributed by atoms with Crippen molar-refractivity contribution in [2.75, 3.05) is 57.8 Å². The fourth-order valence-electron chi connectivity index (χ4n) is 10.2. The Morgan fingerprint density at radius 3 is 2.47 bits per heavy atom. The molecule has 3 aromatic carbocycles. The molecule has 3 aliphatic heterocycles. The summed E-state index contributed by atoms with van der Waals surface area (Å²) in [6.07, 6.45) is 9.48. The van der Waals surface area contributed by atoms with Gasteiger partial charge in [0.25, 0.3) is 5.91 Å². The Labute approximate surface area is 385 Å². The average Bonchev–Trinajstić information content (AvgIpc) is 3.75. The van der Waals surface area contributed by atoms with Crippen molar-refractivity contribution in [3.8, 4) is 11.1 Å². The number of nitrogens with one attached hydrogen (secondary N) is 1. The summed E-state index contributed by atoms with van der Waals surface area (Å²) < 4.78 is 22.1. The van der Waals surface area contributed by atoms with Crippen molar-refractivity contribution in [2.45, 2.75) is 82.3 Å². The fraction of sp³-hybridized carbons (Fsp3) is 0.449. The van der Waals surface area contributed by atoms with Gasteiger partial charge in [-0.3, -0.25) is 43.2 Å². The summed E-state index contributed by atoms with van der Waals surface area (Å²) in [5.74, 6) is -1.27. The number of fused-ring (bicyclic) bond motifs is 2. The summed E-state index contributed by atoms with van der Waals surface area (Å²) in [4.78, 5) is 73.6. The molecular formula is C49H55FN10O5S. The van der Waals surface area contributed by atoms with Crippen molar-refractivity contribution in [2.24, 2.45) is 7.05 Å². The van der Waals surface area contributed by atoms with E-state index < -0.39 is 11.9 Å². The van der Waals surface area contributed by atoms with Gasteiger partial charge in [-0.2, -0.15) is 0 Å². The summed E-state index contributed by atoms with van der Waals surface area (Å²) in [7, 11) is 3.56. The zero-order chi connectivity index (χ0) is 45.6. The lowest BCUT2D eigenvalue weighted by Crippen LogP contribution is -2.46. The number of imidazole rings is 1. The van der Waals surface area contributed by atoms with Gasteiger partial charge in [0.2, 0.25) is 17.7 Å². The first kappa shape index (κ1) is 43.7. The van der Waals surface area contributed by atoms with Crippen molar-refractivity contribution in [1.82, 2.24) is 44.1 Å². The number of hydrogen-bond donors (Lipinski definition) is 1. The Morgan fingerprint density at radius 2 is 1.73 bits per heavy atom. The smallest absolute Gasteiger partial charge is 0.329 e. The normalized spacial score (nSPS) is 19.5. The Balaban J connectivity index is 0.806. The summed E-state index contributed by atoms with van der Waals surface area (Å²) in [6.45, 7) is 6.07. The maximum atomic E-state index is 16.8. The number of rotatable bonds is 13. The van der Waals surface area contributed by atoms with E-state index in [1.807, 2.05) is 42.3 Å². The molecule has 6 aromatic rings. The molecule has 0 bridgehead atoms. The Hall–Kier alpha value is -6.20. The lowest BCUT2D eigenvalue weighted by molar-refractivity contribution is -0.136. The van der Waals surface area contributed by atoms with Crippen molar-refractivity contribution in [3.63, 3.8) is 0 Å². The molecule has 66 heavy (non-hydrogen) atoms. The number of aryl methyl sites for hydroxylation is 3. The number of carbonyl (C=O) groups excluding carboxylic acids is 4. The molecule has 1 saturated carbocycles. The number of thiophene rings is 1. The van der Waals surface area contributed by atoms with Crippen LogP contribution in [0.25, 0.3) is 32.2 Å². The maximum Gasteiger partial charge on any atom is 0.329 e. The molecule has 4 amide bonds. The number of likely N-dealkylation sites (tertiary alicyclic amines) is 1. The van der Waals surface area contributed by atoms with Crippen molar-refractivity contribution in [3.05, 3.63) is 99.3 Å². The Bertz CT molecular complexity index is 2880. The lowest BCUT2D eigenvalue weighted by Gasteiger charge is -2.36. The quantitative estimate of drug-likeness (QED) is 0.144. The first-order valence-electron chi connectivity index (χ1n) is 23.3. The van der Waals surface area contributed by atoms with Crippen LogP contribution in [0.2, 0.25) is 0 Å². The average molecular weight is 915 g/mol. The highest BCUT2D eigenvalue weighted by atomic mass is 32.1. The number of carbonyl (C=O) groups is 4. The van der Waals surface area contributed by atoms with Gasteiger partial charge in [0, 0.05) is 95.4 Å². The zero-order valence-corrected chi connectivity index (χ0v) is 38.3. The van der Waals surface area contributed by atoms with E-state index in [9.17, 15) is 24.0 Å². The molecule has 10 rings (SSSR count). The summed E-state index contributed by atoms with van der Waals surface area (Å²) in [5.41, 5.74) is 5.91. The highest BCUT2D eigenvalue weighted by molar-refractivity contribution is 7.21. The number of hydrogen-bond acceptors (Lipinski definition) is 10. The number of piperidine rings is 2.